The number of hydrogen-bond donors (Lipinski definition) is 1. The van der Waals surface area contributed by atoms with Crippen LogP contribution in [0.2, 0.25) is 0 Å². The molecule has 29 heavy (non-hydrogen) atoms. The molecule has 2 aromatic carbocycles. The van der Waals surface area contributed by atoms with Crippen LogP contribution < -0.4 is 4.74 Å². The van der Waals surface area contributed by atoms with Gasteiger partial charge in [0.2, 0.25) is 0 Å². The number of ether oxygens (including phenoxy) is 1. The summed E-state index contributed by atoms with van der Waals surface area (Å²) in [6.07, 6.45) is 7.12. The normalized spacial score (nSPS) is 18.3. The number of carboxylic acid groups (broad SMARTS) is 1. The second kappa shape index (κ2) is 8.08. The number of pyridine rings is 1. The van der Waals surface area contributed by atoms with Crippen LogP contribution in [-0.2, 0) is 16.8 Å². The van der Waals surface area contributed by atoms with Gasteiger partial charge in [-0.25, -0.2) is 4.98 Å². The lowest BCUT2D eigenvalue weighted by Gasteiger charge is -2.34. The lowest BCUT2D eigenvalue weighted by molar-refractivity contribution is -0.145. The Bertz CT molecular complexity index is 1040. The highest BCUT2D eigenvalue weighted by Gasteiger charge is 2.42. The van der Waals surface area contributed by atoms with E-state index in [1.807, 2.05) is 67.6 Å². The summed E-state index contributed by atoms with van der Waals surface area (Å²) in [5, 5.41) is 11.1. The number of carboxylic acids is 1. The maximum absolute atomic E-state index is 12.2. The minimum Gasteiger partial charge on any atom is -0.487 e. The quantitative estimate of drug-likeness (QED) is 0.566. The minimum absolute atomic E-state index is 0.00215. The Kier molecular flexibility index (Phi) is 5.34. The molecule has 4 heteroatoms. The molecule has 2 atom stereocenters. The van der Waals surface area contributed by atoms with E-state index in [1.54, 1.807) is 0 Å². The summed E-state index contributed by atoms with van der Waals surface area (Å²) in [5.41, 5.74) is 1.67. The van der Waals surface area contributed by atoms with Gasteiger partial charge in [-0.1, -0.05) is 48.6 Å². The molecule has 0 saturated heterocycles. The van der Waals surface area contributed by atoms with Gasteiger partial charge in [0.15, 0.2) is 0 Å². The van der Waals surface area contributed by atoms with Crippen LogP contribution in [0, 0.1) is 5.92 Å². The molecule has 1 heterocycles. The number of hydrogen-bond acceptors (Lipinski definition) is 3. The number of carbonyl (C=O) groups is 1. The van der Waals surface area contributed by atoms with Crippen molar-refractivity contribution in [1.29, 1.82) is 0 Å². The Labute approximate surface area is 170 Å². The first-order valence-electron chi connectivity index (χ1n) is 10.1. The minimum atomic E-state index is -0.935. The number of allylic oxidation sites excluding steroid dienone is 2. The predicted octanol–water partition coefficient (Wildman–Crippen LogP) is 5.51. The fraction of sp³-hybridized carbons (Fsp3) is 0.280. The zero-order valence-corrected chi connectivity index (χ0v) is 16.5. The Hall–Kier alpha value is -3.14. The summed E-state index contributed by atoms with van der Waals surface area (Å²) >= 11 is 0. The largest absolute Gasteiger partial charge is 0.487 e. The molecule has 0 radical (unpaired) electrons. The van der Waals surface area contributed by atoms with Crippen molar-refractivity contribution in [2.24, 2.45) is 5.92 Å². The smallest absolute Gasteiger partial charge is 0.314 e. The van der Waals surface area contributed by atoms with Gasteiger partial charge in [-0.15, -0.1) is 0 Å². The third-order valence-corrected chi connectivity index (χ3v) is 5.94. The molecule has 0 bridgehead atoms. The van der Waals surface area contributed by atoms with Gasteiger partial charge in [0.05, 0.1) is 16.6 Å². The van der Waals surface area contributed by atoms with E-state index in [0.29, 0.717) is 12.4 Å². The number of aliphatic carboxylic acids is 1. The van der Waals surface area contributed by atoms with Crippen LogP contribution in [0.3, 0.4) is 0 Å². The lowest BCUT2D eigenvalue weighted by atomic mass is 9.68. The standard InChI is InChI=1S/C25H25NO3/c1-25(24(27)28,19-8-3-2-4-9-19)20-12-15-22(16-13-20)29-17-21-14-11-18-7-5-6-10-23(18)26-21/h3,5-8,10-16,19H,2,4,9,17H2,1H3,(H,27,28). The molecule has 0 aliphatic heterocycles. The molecule has 4 nitrogen and oxygen atoms in total. The fourth-order valence-electron chi connectivity index (χ4n) is 4.03. The highest BCUT2D eigenvalue weighted by molar-refractivity contribution is 5.82. The molecule has 0 amide bonds. The van der Waals surface area contributed by atoms with Crippen LogP contribution in [0.15, 0.2) is 72.8 Å². The predicted molar refractivity (Wildman–Crippen MR) is 114 cm³/mol. The van der Waals surface area contributed by atoms with Crippen molar-refractivity contribution in [3.63, 3.8) is 0 Å². The number of nitrogens with zero attached hydrogens (tertiary/aromatic N) is 1. The summed E-state index contributed by atoms with van der Waals surface area (Å²) in [5.74, 6) is -0.0824. The average Bonchev–Trinajstić information content (AvgIpc) is 2.78. The van der Waals surface area contributed by atoms with Crippen LogP contribution in [0.4, 0.5) is 0 Å². The van der Waals surface area contributed by atoms with Crippen molar-refractivity contribution < 1.29 is 14.6 Å². The van der Waals surface area contributed by atoms with E-state index in [0.717, 1.165) is 41.4 Å². The van der Waals surface area contributed by atoms with Crippen LogP contribution in [0.25, 0.3) is 10.9 Å². The van der Waals surface area contributed by atoms with Crippen molar-refractivity contribution in [1.82, 2.24) is 4.98 Å². The van der Waals surface area contributed by atoms with Crippen LogP contribution in [0.1, 0.15) is 37.4 Å². The molecule has 3 aromatic rings. The van der Waals surface area contributed by atoms with Crippen molar-refractivity contribution in [3.05, 3.63) is 84.1 Å². The number of benzene rings is 2. The average molecular weight is 387 g/mol. The molecule has 1 aliphatic carbocycles. The first-order valence-corrected chi connectivity index (χ1v) is 10.1. The molecule has 0 saturated carbocycles. The number of fused-ring (bicyclic) bond motifs is 1. The van der Waals surface area contributed by atoms with Crippen molar-refractivity contribution in [3.8, 4) is 5.75 Å². The van der Waals surface area contributed by atoms with Crippen molar-refractivity contribution >= 4 is 16.9 Å². The SMILES string of the molecule is CC(C(=O)O)(c1ccc(OCc2ccc3ccccc3n2)cc1)C1C=CCCC1. The zero-order chi connectivity index (χ0) is 20.3. The van der Waals surface area contributed by atoms with Gasteiger partial charge in [-0.3, -0.25) is 4.79 Å². The van der Waals surface area contributed by atoms with E-state index in [9.17, 15) is 9.90 Å². The summed E-state index contributed by atoms with van der Waals surface area (Å²) < 4.78 is 5.89. The summed E-state index contributed by atoms with van der Waals surface area (Å²) in [4.78, 5) is 16.8. The molecule has 1 aromatic heterocycles. The second-order valence-corrected chi connectivity index (χ2v) is 7.78. The number of para-hydroxylation sites is 1. The highest BCUT2D eigenvalue weighted by Crippen LogP contribution is 2.39. The monoisotopic (exact) mass is 387 g/mol. The first-order chi connectivity index (χ1) is 14.1. The first kappa shape index (κ1) is 19.2. The van der Waals surface area contributed by atoms with Gasteiger partial charge in [0, 0.05) is 5.39 Å². The summed E-state index contributed by atoms with van der Waals surface area (Å²) in [7, 11) is 0. The van der Waals surface area contributed by atoms with Gasteiger partial charge >= 0.3 is 5.97 Å². The number of aromatic nitrogens is 1. The van der Waals surface area contributed by atoms with E-state index >= 15 is 0 Å². The van der Waals surface area contributed by atoms with Crippen LogP contribution >= 0.6 is 0 Å². The molecule has 1 N–H and O–H groups in total. The zero-order valence-electron chi connectivity index (χ0n) is 16.5. The molecule has 0 spiro atoms. The van der Waals surface area contributed by atoms with Crippen molar-refractivity contribution in [2.45, 2.75) is 38.2 Å². The third-order valence-electron chi connectivity index (χ3n) is 5.94. The molecule has 148 valence electrons. The Balaban J connectivity index is 1.49. The topological polar surface area (TPSA) is 59.4 Å². The van der Waals surface area contributed by atoms with Gasteiger partial charge in [0.1, 0.15) is 12.4 Å². The molecule has 2 unspecified atom stereocenters. The Morgan fingerprint density at radius 1 is 1.14 bits per heavy atom. The Morgan fingerprint density at radius 3 is 2.66 bits per heavy atom. The van der Waals surface area contributed by atoms with Crippen LogP contribution in [0.5, 0.6) is 5.75 Å². The molecule has 1 aliphatic rings. The Morgan fingerprint density at radius 2 is 1.93 bits per heavy atom. The van der Waals surface area contributed by atoms with Gasteiger partial charge in [-0.2, -0.15) is 0 Å². The van der Waals surface area contributed by atoms with E-state index < -0.39 is 11.4 Å². The summed E-state index contributed by atoms with van der Waals surface area (Å²) in [6.45, 7) is 2.19. The third kappa shape index (κ3) is 3.88. The maximum Gasteiger partial charge on any atom is 0.314 e. The molecular weight excluding hydrogens is 362 g/mol. The van der Waals surface area contributed by atoms with E-state index in [1.165, 1.54) is 0 Å². The van der Waals surface area contributed by atoms with Gasteiger partial charge < -0.3 is 9.84 Å². The van der Waals surface area contributed by atoms with E-state index in [2.05, 4.69) is 17.1 Å². The lowest BCUT2D eigenvalue weighted by Crippen LogP contribution is -2.40. The molecule has 0 fully saturated rings. The fourth-order valence-corrected chi connectivity index (χ4v) is 4.03. The second-order valence-electron chi connectivity index (χ2n) is 7.78. The van der Waals surface area contributed by atoms with Gasteiger partial charge in [-0.05, 0) is 61.9 Å². The molecular formula is C25H25NO3. The van der Waals surface area contributed by atoms with E-state index in [4.69, 9.17) is 4.74 Å². The highest BCUT2D eigenvalue weighted by atomic mass is 16.5. The summed E-state index contributed by atoms with van der Waals surface area (Å²) in [6, 6.07) is 19.4. The number of rotatable bonds is 6. The molecule has 4 rings (SSSR count). The van der Waals surface area contributed by atoms with Gasteiger partial charge in [0.25, 0.3) is 0 Å². The van der Waals surface area contributed by atoms with E-state index in [-0.39, 0.29) is 5.92 Å². The maximum atomic E-state index is 12.2. The van der Waals surface area contributed by atoms with Crippen LogP contribution in [-0.4, -0.2) is 16.1 Å². The van der Waals surface area contributed by atoms with Crippen molar-refractivity contribution in [2.75, 3.05) is 0 Å².